The van der Waals surface area contributed by atoms with E-state index < -0.39 is 82.5 Å². The molecular formula is C35H26ClF8N3O5. The molecule has 3 heterocycles. The lowest BCUT2D eigenvalue weighted by Gasteiger charge is -2.34. The number of rotatable bonds is 6. The van der Waals surface area contributed by atoms with E-state index in [0.29, 0.717) is 10.6 Å². The first-order valence-electron chi connectivity index (χ1n) is 15.6. The van der Waals surface area contributed by atoms with Gasteiger partial charge >= 0.3 is 18.3 Å². The Balaban J connectivity index is 1.58. The summed E-state index contributed by atoms with van der Waals surface area (Å²) in [4.78, 5) is 41.3. The fraction of sp³-hybridized carbons (Fsp3) is 0.286. The van der Waals surface area contributed by atoms with E-state index in [9.17, 15) is 50.2 Å². The van der Waals surface area contributed by atoms with Crippen LogP contribution in [-0.2, 0) is 28.4 Å². The Kier molecular flexibility index (Phi) is 9.83. The summed E-state index contributed by atoms with van der Waals surface area (Å²) in [5.74, 6) is -5.01. The SMILES string of the molecule is O=C(O)C[C@@H]1NC(=O)[C@H](n2cc(CCN3CC(F)C3)c(C(F)(F)F)cc2=O)c2cccc(c2)Oc2cccc(Cl)c2-c2cc1c(F)c(C(F)(F)F)c2. The van der Waals surface area contributed by atoms with E-state index >= 15 is 4.39 Å². The van der Waals surface area contributed by atoms with Crippen molar-refractivity contribution in [3.8, 4) is 22.6 Å². The fourth-order valence-electron chi connectivity index (χ4n) is 6.32. The number of hydrogen-bond acceptors (Lipinski definition) is 5. The van der Waals surface area contributed by atoms with E-state index in [4.69, 9.17) is 16.3 Å². The fourth-order valence-corrected chi connectivity index (χ4v) is 6.60. The molecule has 1 amide bonds. The summed E-state index contributed by atoms with van der Waals surface area (Å²) >= 11 is 6.44. The number of carboxylic acid groups (broad SMARTS) is 1. The third-order valence-corrected chi connectivity index (χ3v) is 9.06. The highest BCUT2D eigenvalue weighted by Crippen LogP contribution is 2.44. The van der Waals surface area contributed by atoms with Crippen molar-refractivity contribution in [3.05, 3.63) is 116 Å². The van der Waals surface area contributed by atoms with Crippen molar-refractivity contribution in [1.82, 2.24) is 14.8 Å². The van der Waals surface area contributed by atoms with Gasteiger partial charge < -0.3 is 15.2 Å². The Labute approximate surface area is 294 Å². The van der Waals surface area contributed by atoms with Crippen molar-refractivity contribution in [2.75, 3.05) is 19.6 Å². The Morgan fingerprint density at radius 3 is 2.31 bits per heavy atom. The number of carbonyl (C=O) groups is 2. The molecule has 6 rings (SSSR count). The Hall–Kier alpha value is -4.96. The number of likely N-dealkylation sites (tertiary alicyclic amines) is 1. The van der Waals surface area contributed by atoms with Gasteiger partial charge in [0.1, 0.15) is 29.5 Å². The molecule has 0 unspecified atom stereocenters. The first-order valence-corrected chi connectivity index (χ1v) is 16.0. The van der Waals surface area contributed by atoms with Gasteiger partial charge in [0.05, 0.1) is 28.6 Å². The number of fused-ring (bicyclic) bond motifs is 6. The summed E-state index contributed by atoms with van der Waals surface area (Å²) in [7, 11) is 0. The molecule has 1 saturated heterocycles. The van der Waals surface area contributed by atoms with Crippen LogP contribution in [0.1, 0.15) is 46.3 Å². The minimum absolute atomic E-state index is 0.00800. The Morgan fingerprint density at radius 2 is 1.65 bits per heavy atom. The quantitative estimate of drug-likeness (QED) is 0.197. The Bertz CT molecular complexity index is 2110. The van der Waals surface area contributed by atoms with Gasteiger partial charge in [-0.3, -0.25) is 23.9 Å². The van der Waals surface area contributed by atoms with Crippen LogP contribution in [0.5, 0.6) is 11.5 Å². The minimum atomic E-state index is -5.32. The first kappa shape index (κ1) is 36.8. The van der Waals surface area contributed by atoms with Crippen molar-refractivity contribution in [2.24, 2.45) is 0 Å². The molecule has 2 aliphatic rings. The lowest BCUT2D eigenvalue weighted by Crippen LogP contribution is -2.49. The van der Waals surface area contributed by atoms with Crippen LogP contribution >= 0.6 is 11.6 Å². The predicted molar refractivity (Wildman–Crippen MR) is 170 cm³/mol. The van der Waals surface area contributed by atoms with Crippen LogP contribution < -0.4 is 15.6 Å². The number of amides is 1. The highest BCUT2D eigenvalue weighted by atomic mass is 35.5. The number of nitrogens with zero attached hydrogens (tertiary/aromatic N) is 2. The number of nitrogens with one attached hydrogen (secondary N) is 1. The smallest absolute Gasteiger partial charge is 0.419 e. The zero-order chi connectivity index (χ0) is 37.7. The molecule has 17 heteroatoms. The molecule has 4 aromatic rings. The van der Waals surface area contributed by atoms with Crippen LogP contribution in [0.2, 0.25) is 5.02 Å². The highest BCUT2D eigenvalue weighted by Gasteiger charge is 2.40. The van der Waals surface area contributed by atoms with E-state index in [1.807, 2.05) is 0 Å². The van der Waals surface area contributed by atoms with E-state index in [1.165, 1.54) is 42.5 Å². The number of alkyl halides is 7. The number of hydrogen-bond donors (Lipinski definition) is 2. The van der Waals surface area contributed by atoms with Crippen molar-refractivity contribution < 1.29 is 54.6 Å². The Morgan fingerprint density at radius 1 is 0.962 bits per heavy atom. The minimum Gasteiger partial charge on any atom is -0.481 e. The summed E-state index contributed by atoms with van der Waals surface area (Å²) in [6.07, 6.45) is -12.1. The van der Waals surface area contributed by atoms with Crippen molar-refractivity contribution >= 4 is 23.5 Å². The van der Waals surface area contributed by atoms with E-state index in [0.717, 1.165) is 12.3 Å². The van der Waals surface area contributed by atoms with Gasteiger partial charge in [0, 0.05) is 43.0 Å². The van der Waals surface area contributed by atoms with Gasteiger partial charge in [0.25, 0.3) is 5.56 Å². The number of aliphatic carboxylic acids is 1. The van der Waals surface area contributed by atoms with Gasteiger partial charge in [-0.05, 0) is 59.5 Å². The summed E-state index contributed by atoms with van der Waals surface area (Å²) < 4.78 is 121. The van der Waals surface area contributed by atoms with Gasteiger partial charge in [0.15, 0.2) is 0 Å². The maximum Gasteiger partial charge on any atom is 0.419 e. The number of aromatic nitrogens is 1. The van der Waals surface area contributed by atoms with Crippen molar-refractivity contribution in [2.45, 2.75) is 43.4 Å². The molecule has 2 aliphatic heterocycles. The molecule has 274 valence electrons. The summed E-state index contributed by atoms with van der Waals surface area (Å²) in [5.41, 5.74) is -6.33. The zero-order valence-electron chi connectivity index (χ0n) is 26.5. The van der Waals surface area contributed by atoms with Gasteiger partial charge in [-0.15, -0.1) is 0 Å². The van der Waals surface area contributed by atoms with Gasteiger partial charge in [0.2, 0.25) is 5.91 Å². The molecule has 52 heavy (non-hydrogen) atoms. The third-order valence-electron chi connectivity index (χ3n) is 8.75. The number of carboxylic acids is 1. The van der Waals surface area contributed by atoms with Crippen LogP contribution in [0.4, 0.5) is 35.1 Å². The van der Waals surface area contributed by atoms with Crippen molar-refractivity contribution in [3.63, 3.8) is 0 Å². The lowest BCUT2D eigenvalue weighted by atomic mass is 9.93. The molecule has 0 aliphatic carbocycles. The highest BCUT2D eigenvalue weighted by molar-refractivity contribution is 6.33. The topological polar surface area (TPSA) is 101 Å². The van der Waals surface area contributed by atoms with Crippen LogP contribution in [0.15, 0.2) is 71.7 Å². The van der Waals surface area contributed by atoms with E-state index in [-0.39, 0.29) is 65.3 Å². The number of carbonyl (C=O) groups excluding carboxylic acids is 1. The monoisotopic (exact) mass is 755 g/mol. The second kappa shape index (κ2) is 13.9. The van der Waals surface area contributed by atoms with Crippen LogP contribution in [0.3, 0.4) is 0 Å². The molecule has 2 atom stereocenters. The summed E-state index contributed by atoms with van der Waals surface area (Å²) in [5, 5.41) is 11.9. The lowest BCUT2D eigenvalue weighted by molar-refractivity contribution is -0.140. The van der Waals surface area contributed by atoms with Gasteiger partial charge in [-0.25, -0.2) is 8.78 Å². The number of halogens is 9. The summed E-state index contributed by atoms with van der Waals surface area (Å²) in [6, 6.07) is 7.14. The number of benzene rings is 3. The molecule has 4 bridgehead atoms. The predicted octanol–water partition coefficient (Wildman–Crippen LogP) is 7.57. The molecule has 1 fully saturated rings. The average molecular weight is 756 g/mol. The molecular weight excluding hydrogens is 730 g/mol. The van der Waals surface area contributed by atoms with E-state index in [2.05, 4.69) is 5.32 Å². The molecule has 0 saturated carbocycles. The van der Waals surface area contributed by atoms with Crippen molar-refractivity contribution in [1.29, 1.82) is 0 Å². The third kappa shape index (κ3) is 7.48. The van der Waals surface area contributed by atoms with Crippen LogP contribution in [0, 0.1) is 5.82 Å². The second-order valence-corrected chi connectivity index (χ2v) is 12.7. The van der Waals surface area contributed by atoms with Crippen LogP contribution in [-0.4, -0.2) is 52.3 Å². The second-order valence-electron chi connectivity index (χ2n) is 12.3. The first-order chi connectivity index (χ1) is 24.4. The van der Waals surface area contributed by atoms with E-state index in [1.54, 1.807) is 4.90 Å². The summed E-state index contributed by atoms with van der Waals surface area (Å²) in [6.45, 7) is -0.0421. The normalized spacial score (nSPS) is 18.2. The number of pyridine rings is 1. The molecule has 1 aromatic heterocycles. The molecule has 3 aromatic carbocycles. The molecule has 0 radical (unpaired) electrons. The molecule has 2 N–H and O–H groups in total. The largest absolute Gasteiger partial charge is 0.481 e. The van der Waals surface area contributed by atoms with Crippen LogP contribution in [0.25, 0.3) is 11.1 Å². The average Bonchev–Trinajstić information content (AvgIpc) is 3.02. The number of ether oxygens (including phenoxy) is 1. The zero-order valence-corrected chi connectivity index (χ0v) is 27.3. The maximum atomic E-state index is 15.9. The standard InChI is InChI=1S/C35H26ClF8N3O5/c36-25-5-2-6-27-30(25)19-10-22(31(38)24(11-19)35(42,43)44)26(13-29(49)50)45-33(51)32(17-3-1-4-21(9-17)52-27)47-14-18(7-8-46-15-20(37)16-46)23(12-28(47)48)34(39,40)41/h1-6,9-12,14,20,26,32H,7-8,13,15-16H2,(H,45,51)(H,49,50)/t26-,32+/m0/s1. The maximum absolute atomic E-state index is 15.9. The molecule has 0 spiro atoms. The van der Waals surface area contributed by atoms with Gasteiger partial charge in [-0.2, -0.15) is 26.3 Å². The molecule has 8 nitrogen and oxygen atoms in total. The van der Waals surface area contributed by atoms with Gasteiger partial charge in [-0.1, -0.05) is 29.8 Å².